The number of fused-ring (bicyclic) bond motifs is 1. The molecule has 23 heavy (non-hydrogen) atoms. The van der Waals surface area contributed by atoms with E-state index in [1.807, 2.05) is 12.1 Å². The Morgan fingerprint density at radius 1 is 1.22 bits per heavy atom. The Morgan fingerprint density at radius 2 is 1.96 bits per heavy atom. The standard InChI is InChI=1S/C18H16FN3O/c19-15-4-1-3-14-17(15)16(5-2-10-20)22(18(14)23)11-12-6-8-13(21)9-7-12/h1,3-4,6-9,16H,2,5,11,21H2. The predicted molar refractivity (Wildman–Crippen MR) is 84.7 cm³/mol. The molecule has 1 aliphatic rings. The van der Waals surface area contributed by atoms with Crippen molar-refractivity contribution in [2.75, 3.05) is 5.73 Å². The molecule has 1 heterocycles. The molecule has 5 heteroatoms. The summed E-state index contributed by atoms with van der Waals surface area (Å²) in [5, 5.41) is 8.86. The Kier molecular flexibility index (Phi) is 3.98. The van der Waals surface area contributed by atoms with Crippen molar-refractivity contribution in [2.24, 2.45) is 0 Å². The van der Waals surface area contributed by atoms with Crippen LogP contribution in [-0.2, 0) is 6.54 Å². The van der Waals surface area contributed by atoms with Crippen LogP contribution in [0.3, 0.4) is 0 Å². The van der Waals surface area contributed by atoms with Crippen LogP contribution in [0.1, 0.15) is 40.4 Å². The van der Waals surface area contributed by atoms with E-state index in [0.717, 1.165) is 5.56 Å². The van der Waals surface area contributed by atoms with Gasteiger partial charge in [-0.15, -0.1) is 0 Å². The van der Waals surface area contributed by atoms with Crippen molar-refractivity contribution >= 4 is 11.6 Å². The number of nitriles is 1. The summed E-state index contributed by atoms with van der Waals surface area (Å²) >= 11 is 0. The maximum Gasteiger partial charge on any atom is 0.255 e. The summed E-state index contributed by atoms with van der Waals surface area (Å²) in [6, 6.07) is 13.5. The number of amides is 1. The van der Waals surface area contributed by atoms with E-state index in [2.05, 4.69) is 6.07 Å². The van der Waals surface area contributed by atoms with Gasteiger partial charge in [0, 0.05) is 29.8 Å². The van der Waals surface area contributed by atoms with E-state index >= 15 is 0 Å². The number of nitrogen functional groups attached to an aromatic ring is 1. The van der Waals surface area contributed by atoms with Gasteiger partial charge in [0.2, 0.25) is 0 Å². The molecule has 0 bridgehead atoms. The molecule has 1 aliphatic heterocycles. The molecule has 0 aliphatic carbocycles. The average Bonchev–Trinajstić information content (AvgIpc) is 2.81. The van der Waals surface area contributed by atoms with Crippen molar-refractivity contribution in [1.82, 2.24) is 4.90 Å². The molecule has 0 saturated carbocycles. The molecule has 0 fully saturated rings. The first-order valence-corrected chi connectivity index (χ1v) is 7.42. The topological polar surface area (TPSA) is 70.1 Å². The molecule has 0 aromatic heterocycles. The molecule has 1 amide bonds. The highest BCUT2D eigenvalue weighted by Gasteiger charge is 2.38. The van der Waals surface area contributed by atoms with Crippen molar-refractivity contribution in [3.05, 3.63) is 65.0 Å². The van der Waals surface area contributed by atoms with Crippen LogP contribution in [0.25, 0.3) is 0 Å². The third kappa shape index (κ3) is 2.76. The van der Waals surface area contributed by atoms with Crippen molar-refractivity contribution in [1.29, 1.82) is 5.26 Å². The van der Waals surface area contributed by atoms with Crippen molar-refractivity contribution in [2.45, 2.75) is 25.4 Å². The second-order valence-electron chi connectivity index (χ2n) is 5.59. The monoisotopic (exact) mass is 309 g/mol. The lowest BCUT2D eigenvalue weighted by molar-refractivity contribution is 0.0702. The van der Waals surface area contributed by atoms with Crippen molar-refractivity contribution < 1.29 is 9.18 Å². The molecule has 2 N–H and O–H groups in total. The molecule has 1 unspecified atom stereocenters. The number of carbonyl (C=O) groups excluding carboxylic acids is 1. The van der Waals surface area contributed by atoms with Crippen LogP contribution in [-0.4, -0.2) is 10.8 Å². The Morgan fingerprint density at radius 3 is 2.65 bits per heavy atom. The predicted octanol–water partition coefficient (Wildman–Crippen LogP) is 3.41. The number of benzene rings is 2. The quantitative estimate of drug-likeness (QED) is 0.880. The lowest BCUT2D eigenvalue weighted by atomic mass is 10.00. The Labute approximate surface area is 133 Å². The first-order valence-electron chi connectivity index (χ1n) is 7.42. The number of rotatable bonds is 4. The lowest BCUT2D eigenvalue weighted by Crippen LogP contribution is -2.27. The summed E-state index contributed by atoms with van der Waals surface area (Å²) in [7, 11) is 0. The maximum atomic E-state index is 14.2. The van der Waals surface area contributed by atoms with Gasteiger partial charge in [0.15, 0.2) is 0 Å². The molecular weight excluding hydrogens is 293 g/mol. The zero-order valence-corrected chi connectivity index (χ0v) is 12.5. The number of nitrogens with zero attached hydrogens (tertiary/aromatic N) is 2. The van der Waals surface area contributed by atoms with Gasteiger partial charge in [-0.25, -0.2) is 4.39 Å². The summed E-state index contributed by atoms with van der Waals surface area (Å²) in [6.45, 7) is 0.364. The van der Waals surface area contributed by atoms with Crippen LogP contribution in [0.4, 0.5) is 10.1 Å². The van der Waals surface area contributed by atoms with E-state index in [4.69, 9.17) is 11.0 Å². The molecule has 0 radical (unpaired) electrons. The van der Waals surface area contributed by atoms with E-state index < -0.39 is 11.9 Å². The minimum atomic E-state index is -0.407. The highest BCUT2D eigenvalue weighted by atomic mass is 19.1. The van der Waals surface area contributed by atoms with Crippen LogP contribution in [0.5, 0.6) is 0 Å². The third-order valence-corrected chi connectivity index (χ3v) is 4.12. The average molecular weight is 309 g/mol. The van der Waals surface area contributed by atoms with Gasteiger partial charge in [0.1, 0.15) is 5.82 Å². The van der Waals surface area contributed by atoms with Crippen molar-refractivity contribution in [3.63, 3.8) is 0 Å². The first kappa shape index (κ1) is 15.0. The van der Waals surface area contributed by atoms with Crippen LogP contribution < -0.4 is 5.73 Å². The van der Waals surface area contributed by atoms with Gasteiger partial charge in [-0.1, -0.05) is 18.2 Å². The largest absolute Gasteiger partial charge is 0.399 e. The normalized spacial score (nSPS) is 16.3. The molecule has 116 valence electrons. The molecule has 1 atom stereocenters. The van der Waals surface area contributed by atoms with E-state index in [-0.39, 0.29) is 12.3 Å². The van der Waals surface area contributed by atoms with E-state index in [1.54, 1.807) is 29.2 Å². The number of halogens is 1. The maximum absolute atomic E-state index is 14.2. The van der Waals surface area contributed by atoms with Gasteiger partial charge in [-0.3, -0.25) is 4.79 Å². The molecule has 0 saturated heterocycles. The molecule has 0 spiro atoms. The second-order valence-corrected chi connectivity index (χ2v) is 5.59. The zero-order valence-electron chi connectivity index (χ0n) is 12.5. The number of nitrogens with two attached hydrogens (primary N) is 1. The van der Waals surface area contributed by atoms with Crippen LogP contribution in [0, 0.1) is 17.1 Å². The second kappa shape index (κ2) is 6.09. The van der Waals surface area contributed by atoms with Gasteiger partial charge < -0.3 is 10.6 Å². The van der Waals surface area contributed by atoms with Crippen LogP contribution in [0.15, 0.2) is 42.5 Å². The Bertz CT molecular complexity index is 780. The van der Waals surface area contributed by atoms with Gasteiger partial charge in [-0.2, -0.15) is 5.26 Å². The molecule has 2 aromatic carbocycles. The summed E-state index contributed by atoms with van der Waals surface area (Å²) < 4.78 is 14.2. The number of hydrogen-bond acceptors (Lipinski definition) is 3. The van der Waals surface area contributed by atoms with Gasteiger partial charge >= 0.3 is 0 Å². The number of hydrogen-bond donors (Lipinski definition) is 1. The van der Waals surface area contributed by atoms with Gasteiger partial charge in [-0.05, 0) is 36.2 Å². The third-order valence-electron chi connectivity index (χ3n) is 4.12. The van der Waals surface area contributed by atoms with Crippen LogP contribution >= 0.6 is 0 Å². The minimum Gasteiger partial charge on any atom is -0.399 e. The van der Waals surface area contributed by atoms with Crippen LogP contribution in [0.2, 0.25) is 0 Å². The first-order chi connectivity index (χ1) is 11.1. The lowest BCUT2D eigenvalue weighted by Gasteiger charge is -2.25. The SMILES string of the molecule is N#CCCC1c2c(F)cccc2C(=O)N1Cc1ccc(N)cc1. The fraction of sp³-hybridized carbons (Fsp3) is 0.222. The molecule has 4 nitrogen and oxygen atoms in total. The van der Waals surface area contributed by atoms with E-state index in [0.29, 0.717) is 29.8 Å². The smallest absolute Gasteiger partial charge is 0.255 e. The van der Waals surface area contributed by atoms with Gasteiger partial charge in [0.05, 0.1) is 12.1 Å². The molecular formula is C18H16FN3O. The molecule has 3 rings (SSSR count). The summed E-state index contributed by atoms with van der Waals surface area (Å²) in [6.07, 6.45) is 0.690. The zero-order chi connectivity index (χ0) is 16.4. The Balaban J connectivity index is 1.95. The fourth-order valence-electron chi connectivity index (χ4n) is 3.02. The number of carbonyl (C=O) groups is 1. The minimum absolute atomic E-state index is 0.195. The van der Waals surface area contributed by atoms with Gasteiger partial charge in [0.25, 0.3) is 5.91 Å². The van der Waals surface area contributed by atoms with E-state index in [1.165, 1.54) is 6.07 Å². The fourth-order valence-corrected chi connectivity index (χ4v) is 3.02. The highest BCUT2D eigenvalue weighted by Crippen LogP contribution is 2.39. The molecule has 2 aromatic rings. The highest BCUT2D eigenvalue weighted by molar-refractivity contribution is 5.99. The van der Waals surface area contributed by atoms with E-state index in [9.17, 15) is 9.18 Å². The Hall–Kier alpha value is -2.87. The summed E-state index contributed by atoms with van der Waals surface area (Å²) in [5.74, 6) is -0.585. The summed E-state index contributed by atoms with van der Waals surface area (Å²) in [5.41, 5.74) is 8.04. The summed E-state index contributed by atoms with van der Waals surface area (Å²) in [4.78, 5) is 14.3. The number of anilines is 1. The van der Waals surface area contributed by atoms with Crippen molar-refractivity contribution in [3.8, 4) is 6.07 Å².